The van der Waals surface area contributed by atoms with Crippen LogP contribution >= 0.6 is 0 Å². The van der Waals surface area contributed by atoms with Crippen molar-refractivity contribution < 1.29 is 24.5 Å². The number of nitrogens with zero attached hydrogens (tertiary/aromatic N) is 11. The highest BCUT2D eigenvalue weighted by Crippen LogP contribution is 2.30. The summed E-state index contributed by atoms with van der Waals surface area (Å²) < 4.78 is 17.0. The maximum Gasteiger partial charge on any atom is 0.368 e. The molecule has 2 aromatic carbocycles. The SMILES string of the molecule is Cn1nnn(-c2cc([N+](=O)[O-])ccc2F)c1=O.Cn1nnn(-c2cc([N+](=O)[O-])ccc2N2CC(O)C2)c1=O.OC1CNC1. The fraction of sp³-hybridized carbons (Fsp3) is 0.364. The Morgan fingerprint density at radius 1 is 0.791 bits per heavy atom. The highest BCUT2D eigenvalue weighted by Gasteiger charge is 2.29. The number of hydrogen-bond donors (Lipinski definition) is 3. The molecule has 0 amide bonds. The van der Waals surface area contributed by atoms with Gasteiger partial charge in [-0.2, -0.15) is 18.7 Å². The van der Waals surface area contributed by atoms with Crippen LogP contribution in [0.5, 0.6) is 0 Å². The number of nitrogens with one attached hydrogen (secondary N) is 1. The minimum absolute atomic E-state index is 0.0463. The van der Waals surface area contributed by atoms with E-state index in [4.69, 9.17) is 5.11 Å². The van der Waals surface area contributed by atoms with Crippen molar-refractivity contribution in [2.24, 2.45) is 14.1 Å². The van der Waals surface area contributed by atoms with Gasteiger partial charge in [0.15, 0.2) is 0 Å². The number of nitro benzene ring substituents is 2. The van der Waals surface area contributed by atoms with E-state index >= 15 is 0 Å². The number of aryl methyl sites for hydroxylation is 2. The van der Waals surface area contributed by atoms with E-state index in [9.17, 15) is 39.3 Å². The van der Waals surface area contributed by atoms with E-state index < -0.39 is 33.1 Å². The van der Waals surface area contributed by atoms with E-state index in [1.54, 1.807) is 6.07 Å². The molecule has 0 spiro atoms. The molecule has 2 saturated heterocycles. The van der Waals surface area contributed by atoms with Crippen LogP contribution in [-0.4, -0.2) is 98.0 Å². The molecule has 0 bridgehead atoms. The molecule has 0 aliphatic carbocycles. The van der Waals surface area contributed by atoms with Crippen molar-refractivity contribution in [1.29, 1.82) is 0 Å². The molecular formula is C22H25FN12O8. The molecule has 0 saturated carbocycles. The zero-order chi connectivity index (χ0) is 31.4. The Morgan fingerprint density at radius 3 is 1.65 bits per heavy atom. The zero-order valence-electron chi connectivity index (χ0n) is 22.6. The molecule has 43 heavy (non-hydrogen) atoms. The van der Waals surface area contributed by atoms with Gasteiger partial charge in [0.25, 0.3) is 11.4 Å². The molecular weight excluding hydrogens is 579 g/mol. The summed E-state index contributed by atoms with van der Waals surface area (Å²) in [4.78, 5) is 45.5. The van der Waals surface area contributed by atoms with E-state index in [2.05, 4.69) is 26.2 Å². The van der Waals surface area contributed by atoms with Crippen LogP contribution < -0.4 is 21.6 Å². The maximum absolute atomic E-state index is 13.4. The fourth-order valence-corrected chi connectivity index (χ4v) is 3.69. The topological polar surface area (TPSA) is 247 Å². The van der Waals surface area contributed by atoms with Gasteiger partial charge in [0.2, 0.25) is 0 Å². The monoisotopic (exact) mass is 604 g/mol. The van der Waals surface area contributed by atoms with Crippen LogP contribution in [-0.2, 0) is 14.1 Å². The van der Waals surface area contributed by atoms with Gasteiger partial charge in [0.05, 0.1) is 27.7 Å². The number of anilines is 1. The summed E-state index contributed by atoms with van der Waals surface area (Å²) >= 11 is 0. The van der Waals surface area contributed by atoms with Crippen LogP contribution in [0.2, 0.25) is 0 Å². The van der Waals surface area contributed by atoms with Crippen molar-refractivity contribution in [2.75, 3.05) is 31.1 Å². The van der Waals surface area contributed by atoms with Crippen molar-refractivity contribution in [3.05, 3.63) is 83.4 Å². The molecule has 228 valence electrons. The highest BCUT2D eigenvalue weighted by molar-refractivity contribution is 5.67. The Hall–Kier alpha value is -5.41. The molecule has 3 N–H and O–H groups in total. The standard InChI is InChI=1S/C11H12N6O4.C8H6FN5O3.C3H7NO/c1-14-11(19)16(13-12-14)10-4-7(17(20)21)2-3-9(10)15-5-8(18)6-15;1-12-8(15)13(11-10-12)7-4-5(14(16)17)2-3-6(7)9;5-3-1-4-2-3/h2-4,8,18H,5-6H2,1H3;2-4H,1H3;3-5H,1-2H2. The highest BCUT2D eigenvalue weighted by atomic mass is 19.1. The Labute approximate surface area is 239 Å². The number of aromatic nitrogens is 8. The molecule has 2 aliphatic heterocycles. The second-order valence-electron chi connectivity index (χ2n) is 9.29. The number of aliphatic hydroxyl groups is 2. The third-order valence-electron chi connectivity index (χ3n) is 6.17. The first-order valence-corrected chi connectivity index (χ1v) is 12.4. The lowest BCUT2D eigenvalue weighted by molar-refractivity contribution is -0.385. The minimum Gasteiger partial charge on any atom is -0.390 e. The zero-order valence-corrected chi connectivity index (χ0v) is 22.6. The third-order valence-corrected chi connectivity index (χ3v) is 6.17. The molecule has 4 heterocycles. The molecule has 2 aliphatic rings. The first kappa shape index (κ1) is 30.5. The van der Waals surface area contributed by atoms with Gasteiger partial charge in [-0.05, 0) is 33.0 Å². The molecule has 2 fully saturated rings. The van der Waals surface area contributed by atoms with Crippen molar-refractivity contribution in [1.82, 2.24) is 44.9 Å². The third kappa shape index (κ3) is 6.74. The summed E-state index contributed by atoms with van der Waals surface area (Å²) in [6, 6.07) is 6.99. The van der Waals surface area contributed by atoms with Crippen LogP contribution in [0, 0.1) is 26.0 Å². The first-order valence-electron chi connectivity index (χ1n) is 12.4. The average molecular weight is 605 g/mol. The van der Waals surface area contributed by atoms with Gasteiger partial charge in [0, 0.05) is 64.5 Å². The molecule has 6 rings (SSSR count). The van der Waals surface area contributed by atoms with Crippen LogP contribution in [0.3, 0.4) is 0 Å². The Morgan fingerprint density at radius 2 is 1.26 bits per heavy atom. The minimum atomic E-state index is -0.793. The Balaban J connectivity index is 0.000000172. The number of non-ortho nitro benzene ring substituents is 2. The molecule has 4 aromatic rings. The number of benzene rings is 2. The van der Waals surface area contributed by atoms with Crippen LogP contribution in [0.4, 0.5) is 21.5 Å². The van der Waals surface area contributed by atoms with Gasteiger partial charge in [-0.15, -0.1) is 0 Å². The summed E-state index contributed by atoms with van der Waals surface area (Å²) in [6.07, 6.45) is -0.485. The predicted molar refractivity (Wildman–Crippen MR) is 144 cm³/mol. The van der Waals surface area contributed by atoms with E-state index in [0.717, 1.165) is 45.3 Å². The van der Waals surface area contributed by atoms with Crippen molar-refractivity contribution in [3.8, 4) is 11.4 Å². The van der Waals surface area contributed by atoms with Gasteiger partial charge < -0.3 is 20.4 Å². The summed E-state index contributed by atoms with van der Waals surface area (Å²) in [5, 5.41) is 56.3. The Bertz CT molecular complexity index is 1760. The fourth-order valence-electron chi connectivity index (χ4n) is 3.69. The number of hydrogen-bond acceptors (Lipinski definition) is 14. The second kappa shape index (κ2) is 12.6. The first-order chi connectivity index (χ1) is 20.4. The quantitative estimate of drug-likeness (QED) is 0.165. The number of tetrazole rings is 2. The van der Waals surface area contributed by atoms with Gasteiger partial charge >= 0.3 is 11.4 Å². The van der Waals surface area contributed by atoms with Gasteiger partial charge in [-0.25, -0.2) is 14.0 Å². The normalized spacial score (nSPS) is 14.5. The van der Waals surface area contributed by atoms with Crippen LogP contribution in [0.15, 0.2) is 46.0 Å². The van der Waals surface area contributed by atoms with Gasteiger partial charge in [0.1, 0.15) is 17.2 Å². The maximum atomic E-state index is 13.4. The number of aliphatic hydroxyl groups excluding tert-OH is 2. The largest absolute Gasteiger partial charge is 0.390 e. The van der Waals surface area contributed by atoms with Crippen molar-refractivity contribution in [2.45, 2.75) is 12.2 Å². The Kier molecular flexibility index (Phi) is 8.97. The number of halogens is 1. The summed E-state index contributed by atoms with van der Waals surface area (Å²) in [5.41, 5.74) is -1.12. The van der Waals surface area contributed by atoms with Gasteiger partial charge in [-0.3, -0.25) is 20.2 Å². The number of β-amino-alcohol motifs (C(OH)–C–C–N with tert-alkyl or cyclic N) is 2. The lowest BCUT2D eigenvalue weighted by Gasteiger charge is -2.38. The molecule has 0 radical (unpaired) electrons. The average Bonchev–Trinajstić information content (AvgIpc) is 3.46. The molecule has 0 unspecified atom stereocenters. The lowest BCUT2D eigenvalue weighted by atomic mass is 10.1. The van der Waals surface area contributed by atoms with E-state index in [1.807, 2.05) is 4.90 Å². The molecule has 20 nitrogen and oxygen atoms in total. The molecule has 21 heteroatoms. The van der Waals surface area contributed by atoms with Crippen LogP contribution in [0.25, 0.3) is 11.4 Å². The van der Waals surface area contributed by atoms with Gasteiger partial charge in [-0.1, -0.05) is 0 Å². The van der Waals surface area contributed by atoms with E-state index in [-0.39, 0.29) is 28.9 Å². The van der Waals surface area contributed by atoms with Crippen molar-refractivity contribution in [3.63, 3.8) is 0 Å². The smallest absolute Gasteiger partial charge is 0.368 e. The van der Waals surface area contributed by atoms with E-state index in [1.165, 1.54) is 26.2 Å². The number of nitro groups is 2. The predicted octanol–water partition coefficient (Wildman–Crippen LogP) is -1.98. The summed E-state index contributed by atoms with van der Waals surface area (Å²) in [5.74, 6) is -0.793. The van der Waals surface area contributed by atoms with E-state index in [0.29, 0.717) is 23.5 Å². The molecule has 2 aromatic heterocycles. The van der Waals surface area contributed by atoms with Crippen molar-refractivity contribution >= 4 is 17.1 Å². The number of rotatable bonds is 5. The van der Waals surface area contributed by atoms with Crippen LogP contribution in [0.1, 0.15) is 0 Å². The molecule has 0 atom stereocenters. The summed E-state index contributed by atoms with van der Waals surface area (Å²) in [7, 11) is 2.78. The summed E-state index contributed by atoms with van der Waals surface area (Å²) in [6.45, 7) is 2.39. The lowest BCUT2D eigenvalue weighted by Crippen LogP contribution is -2.51. The second-order valence-corrected chi connectivity index (χ2v) is 9.29.